The molecule has 6 heterocycles. The maximum absolute atomic E-state index is 11.9. The summed E-state index contributed by atoms with van der Waals surface area (Å²) in [4.78, 5) is 25.0. The number of rotatable bonds is 1. The molecule has 6 rings (SSSR count). The molecule has 10 nitrogen and oxygen atoms in total. The Hall–Kier alpha value is -0.590. The van der Waals surface area contributed by atoms with E-state index in [1.165, 1.54) is 25.7 Å². The Kier molecular flexibility index (Phi) is 12.9. The maximum atomic E-state index is 11.9. The maximum Gasteiger partial charge on any atom is 0.410 e. The SMILES string of the molecule is CC(=O)O.CN1[C@@H]2CC[C@H]1CC(O)C2.O=C(OCC(Cl)(Cl)Cl)N1[C@@H]2CC[C@H]1CC(O)C2.OC1C[C@H]2CC[C@@H](C1)N2. The number of aliphatic hydroxyl groups is 3. The fraction of sp³-hybridized carbons (Fsp3) is 0.926. The number of aliphatic hydroxyl groups excluding tert-OH is 3. The van der Waals surface area contributed by atoms with E-state index in [-0.39, 0.29) is 37.0 Å². The number of aliphatic carboxylic acids is 1. The van der Waals surface area contributed by atoms with Gasteiger partial charge in [0.25, 0.3) is 5.97 Å². The van der Waals surface area contributed by atoms with Gasteiger partial charge >= 0.3 is 6.09 Å². The van der Waals surface area contributed by atoms with Gasteiger partial charge in [-0.05, 0) is 84.1 Å². The van der Waals surface area contributed by atoms with Crippen molar-refractivity contribution in [1.82, 2.24) is 15.1 Å². The molecule has 1 amide bonds. The third-order valence-electron chi connectivity index (χ3n) is 8.80. The first-order chi connectivity index (χ1) is 18.7. The average Bonchev–Trinajstić information content (AvgIpc) is 3.39. The largest absolute Gasteiger partial charge is 0.481 e. The lowest BCUT2D eigenvalue weighted by Gasteiger charge is -2.36. The molecule has 0 spiro atoms. The first-order valence-electron chi connectivity index (χ1n) is 14.4. The number of alkyl halides is 3. The summed E-state index contributed by atoms with van der Waals surface area (Å²) >= 11 is 16.6. The minimum absolute atomic E-state index is 0.00583. The van der Waals surface area contributed by atoms with E-state index in [9.17, 15) is 20.1 Å². The van der Waals surface area contributed by atoms with Crippen LogP contribution in [0.15, 0.2) is 0 Å². The number of nitrogens with one attached hydrogen (secondary N) is 1. The number of amides is 1. The second kappa shape index (κ2) is 15.2. The highest BCUT2D eigenvalue weighted by Gasteiger charge is 2.44. The Morgan fingerprint density at radius 2 is 1.15 bits per heavy atom. The number of hydrogen-bond acceptors (Lipinski definition) is 8. The molecule has 3 unspecified atom stereocenters. The lowest BCUT2D eigenvalue weighted by molar-refractivity contribution is -0.134. The zero-order valence-electron chi connectivity index (χ0n) is 23.4. The molecular formula is C27H46Cl3N3O7. The zero-order valence-corrected chi connectivity index (χ0v) is 25.7. The van der Waals surface area contributed by atoms with E-state index < -0.39 is 15.9 Å². The summed E-state index contributed by atoms with van der Waals surface area (Å²) in [5, 5.41) is 39.1. The first kappa shape index (κ1) is 33.9. The van der Waals surface area contributed by atoms with Crippen LogP contribution in [-0.4, -0.2) is 114 Å². The Morgan fingerprint density at radius 3 is 1.57 bits per heavy atom. The van der Waals surface area contributed by atoms with Gasteiger partial charge in [0, 0.05) is 43.2 Å². The van der Waals surface area contributed by atoms with E-state index >= 15 is 0 Å². The number of carboxylic acid groups (broad SMARTS) is 1. The molecule has 0 aromatic carbocycles. The topological polar surface area (TPSA) is 143 Å². The Bertz CT molecular complexity index is 792. The standard InChI is InChI=1S/C10H14Cl3NO3.C8H15NO.C7H13NO.C2H4O2/c11-10(12,13)5-17-9(16)14-6-1-2-7(14)4-8(15)3-6;1-9-6-2-3-7(9)5-8(10)4-6;9-7-3-5-1-2-6(4-7)8-5;1-2(3)4/h6-8,15H,1-5H2;6-8,10H,2-5H2,1H3;5-9H,1-4H2;1H3,(H,3,4)/t2*6-,7+,8?;5-,6+,7?;. The number of carboxylic acids is 1. The molecule has 6 aliphatic heterocycles. The number of fused-ring (bicyclic) bond motifs is 6. The molecule has 5 N–H and O–H groups in total. The molecule has 6 bridgehead atoms. The van der Waals surface area contributed by atoms with Crippen LogP contribution in [0.2, 0.25) is 0 Å². The highest BCUT2D eigenvalue weighted by atomic mass is 35.6. The number of carbonyl (C=O) groups excluding carboxylic acids is 1. The molecule has 0 saturated carbocycles. The minimum atomic E-state index is -1.58. The van der Waals surface area contributed by atoms with Crippen LogP contribution in [0.1, 0.15) is 84.0 Å². The highest BCUT2D eigenvalue weighted by molar-refractivity contribution is 6.67. The van der Waals surface area contributed by atoms with Gasteiger partial charge < -0.3 is 40.3 Å². The fourth-order valence-electron chi connectivity index (χ4n) is 7.07. The third-order valence-corrected chi connectivity index (χ3v) is 9.13. The summed E-state index contributed by atoms with van der Waals surface area (Å²) in [6.07, 6.45) is 11.4. The van der Waals surface area contributed by atoms with E-state index in [0.29, 0.717) is 37.0 Å². The number of piperidine rings is 3. The van der Waals surface area contributed by atoms with Crippen molar-refractivity contribution in [3.05, 3.63) is 0 Å². The molecule has 6 saturated heterocycles. The Labute approximate surface area is 252 Å². The predicted octanol–water partition coefficient (Wildman–Crippen LogP) is 3.44. The number of halogens is 3. The quantitative estimate of drug-likeness (QED) is 0.275. The normalized spacial score (nSPS) is 37.7. The van der Waals surface area contributed by atoms with Gasteiger partial charge in [-0.3, -0.25) is 4.79 Å². The van der Waals surface area contributed by atoms with Crippen LogP contribution in [0, 0.1) is 0 Å². The summed E-state index contributed by atoms with van der Waals surface area (Å²) in [6, 6.07) is 2.78. The lowest BCUT2D eigenvalue weighted by atomic mass is 10.0. The molecule has 0 aromatic heterocycles. The van der Waals surface area contributed by atoms with E-state index in [1.807, 2.05) is 0 Å². The minimum Gasteiger partial charge on any atom is -0.481 e. The Morgan fingerprint density at radius 1 is 0.775 bits per heavy atom. The van der Waals surface area contributed by atoms with Crippen LogP contribution in [0.25, 0.3) is 0 Å². The summed E-state index contributed by atoms with van der Waals surface area (Å²) < 4.78 is 3.39. The van der Waals surface area contributed by atoms with Crippen molar-refractivity contribution >= 4 is 46.9 Å². The van der Waals surface area contributed by atoms with Crippen LogP contribution < -0.4 is 5.32 Å². The van der Waals surface area contributed by atoms with Gasteiger partial charge in [0.05, 0.1) is 18.3 Å². The van der Waals surface area contributed by atoms with E-state index in [1.54, 1.807) is 4.90 Å². The summed E-state index contributed by atoms with van der Waals surface area (Å²) in [5.74, 6) is -0.833. The first-order valence-corrected chi connectivity index (χ1v) is 15.6. The van der Waals surface area contributed by atoms with Gasteiger partial charge in [-0.2, -0.15) is 0 Å². The van der Waals surface area contributed by atoms with Gasteiger partial charge in [0.2, 0.25) is 3.79 Å². The van der Waals surface area contributed by atoms with Crippen molar-refractivity contribution in [2.24, 2.45) is 0 Å². The molecule has 6 aliphatic rings. The van der Waals surface area contributed by atoms with Gasteiger partial charge in [-0.15, -0.1) is 0 Å². The molecule has 40 heavy (non-hydrogen) atoms. The van der Waals surface area contributed by atoms with Crippen LogP contribution in [0.3, 0.4) is 0 Å². The van der Waals surface area contributed by atoms with Crippen molar-refractivity contribution in [3.63, 3.8) is 0 Å². The zero-order chi connectivity index (χ0) is 29.6. The third kappa shape index (κ3) is 10.6. The van der Waals surface area contributed by atoms with Gasteiger partial charge in [-0.1, -0.05) is 34.8 Å². The number of ether oxygens (including phenoxy) is 1. The van der Waals surface area contributed by atoms with Crippen LogP contribution >= 0.6 is 34.8 Å². The van der Waals surface area contributed by atoms with Crippen molar-refractivity contribution in [3.8, 4) is 0 Å². The molecule has 232 valence electrons. The van der Waals surface area contributed by atoms with E-state index in [0.717, 1.165) is 45.4 Å². The number of carbonyl (C=O) groups is 2. The smallest absolute Gasteiger partial charge is 0.410 e. The number of nitrogens with zero attached hydrogens (tertiary/aromatic N) is 2. The van der Waals surface area contributed by atoms with Crippen molar-refractivity contribution in [2.75, 3.05) is 13.7 Å². The van der Waals surface area contributed by atoms with Crippen molar-refractivity contribution in [2.45, 2.75) is 142 Å². The van der Waals surface area contributed by atoms with E-state index in [4.69, 9.17) is 49.4 Å². The number of hydrogen-bond donors (Lipinski definition) is 5. The predicted molar refractivity (Wildman–Crippen MR) is 154 cm³/mol. The van der Waals surface area contributed by atoms with Gasteiger partial charge in [0.1, 0.15) is 6.61 Å². The molecule has 0 radical (unpaired) electrons. The molecule has 9 atom stereocenters. The van der Waals surface area contributed by atoms with Gasteiger partial charge in [0.15, 0.2) is 0 Å². The van der Waals surface area contributed by atoms with Crippen LogP contribution in [0.4, 0.5) is 4.79 Å². The van der Waals surface area contributed by atoms with E-state index in [2.05, 4.69) is 17.3 Å². The fourth-order valence-corrected chi connectivity index (χ4v) is 7.24. The second-order valence-corrected chi connectivity index (χ2v) is 14.6. The summed E-state index contributed by atoms with van der Waals surface area (Å²) in [7, 11) is 2.19. The monoisotopic (exact) mass is 629 g/mol. The summed E-state index contributed by atoms with van der Waals surface area (Å²) in [6.45, 7) is 0.828. The molecule has 13 heteroatoms. The highest BCUT2D eigenvalue weighted by Crippen LogP contribution is 2.37. The molecular weight excluding hydrogens is 585 g/mol. The Balaban J connectivity index is 0.000000163. The lowest BCUT2D eigenvalue weighted by Crippen LogP contribution is -2.48. The molecule has 0 aromatic rings. The van der Waals surface area contributed by atoms with Crippen LogP contribution in [-0.2, 0) is 9.53 Å². The summed E-state index contributed by atoms with van der Waals surface area (Å²) in [5.41, 5.74) is 0. The van der Waals surface area contributed by atoms with Crippen molar-refractivity contribution in [1.29, 1.82) is 0 Å². The van der Waals surface area contributed by atoms with Crippen molar-refractivity contribution < 1.29 is 34.8 Å². The van der Waals surface area contributed by atoms with Crippen LogP contribution in [0.5, 0.6) is 0 Å². The molecule has 0 aliphatic carbocycles. The second-order valence-electron chi connectivity index (χ2n) is 12.0. The molecule has 6 fully saturated rings. The van der Waals surface area contributed by atoms with Gasteiger partial charge in [-0.25, -0.2) is 4.79 Å². The average molecular weight is 631 g/mol.